The maximum Gasteiger partial charge on any atom is 0.0330 e. The molecule has 0 atom stereocenters. The van der Waals surface area contributed by atoms with E-state index >= 15 is 0 Å². The van der Waals surface area contributed by atoms with Crippen LogP contribution in [0.15, 0.2) is 23.9 Å². The van der Waals surface area contributed by atoms with Gasteiger partial charge in [-0.2, -0.15) is 0 Å². The largest absolute Gasteiger partial charge is 0.385 e. The zero-order valence-electron chi connectivity index (χ0n) is 8.44. The van der Waals surface area contributed by atoms with Crippen LogP contribution >= 0.6 is 0 Å². The molecule has 0 aromatic heterocycles. The fraction of sp³-hybridized carbons (Fsp3) is 0.600. The Kier molecular flexibility index (Phi) is 14.1. The third kappa shape index (κ3) is 9.28. The lowest BCUT2D eigenvalue weighted by molar-refractivity contribution is 0.891. The first-order valence-electron chi connectivity index (χ1n) is 4.47. The second kappa shape index (κ2) is 12.0. The van der Waals surface area contributed by atoms with E-state index in [9.17, 15) is 0 Å². The third-order valence-electron chi connectivity index (χ3n) is 0.981. The minimum absolute atomic E-state index is 0.988. The third-order valence-corrected chi connectivity index (χ3v) is 0.981. The summed E-state index contributed by atoms with van der Waals surface area (Å²) < 4.78 is 0. The molecule has 1 aliphatic heterocycles. The Labute approximate surface area is 71.2 Å². The van der Waals surface area contributed by atoms with Gasteiger partial charge in [-0.25, -0.2) is 0 Å². The van der Waals surface area contributed by atoms with E-state index in [-0.39, 0.29) is 0 Å². The van der Waals surface area contributed by atoms with Crippen LogP contribution in [0.4, 0.5) is 0 Å². The standard InChI is InChI=1S/C6H9N.2C2H6/c1-6-4-2-3-5-7-6;2*1-2/h2-4,7H,5H2,1H3;2*1-2H3. The number of allylic oxidation sites excluding steroid dienone is 3. The Balaban J connectivity index is 0. The van der Waals surface area contributed by atoms with Gasteiger partial charge in [-0.15, -0.1) is 0 Å². The van der Waals surface area contributed by atoms with Crippen molar-refractivity contribution < 1.29 is 0 Å². The molecule has 0 spiro atoms. The number of hydrogen-bond acceptors (Lipinski definition) is 1. The summed E-state index contributed by atoms with van der Waals surface area (Å²) in [6.07, 6.45) is 6.21. The molecule has 0 saturated heterocycles. The Morgan fingerprint density at radius 3 is 1.91 bits per heavy atom. The summed E-state index contributed by atoms with van der Waals surface area (Å²) in [5.74, 6) is 0. The second-order valence-electron chi connectivity index (χ2n) is 1.66. The predicted molar refractivity (Wildman–Crippen MR) is 53.6 cm³/mol. The maximum absolute atomic E-state index is 3.16. The molecule has 1 rings (SSSR count). The second-order valence-corrected chi connectivity index (χ2v) is 1.66. The zero-order chi connectivity index (χ0) is 9.11. The molecule has 0 aliphatic carbocycles. The molecule has 1 N–H and O–H groups in total. The van der Waals surface area contributed by atoms with Crippen molar-refractivity contribution in [1.82, 2.24) is 5.32 Å². The van der Waals surface area contributed by atoms with Gasteiger partial charge in [0.15, 0.2) is 0 Å². The normalized spacial score (nSPS) is 12.6. The van der Waals surface area contributed by atoms with Gasteiger partial charge in [0.25, 0.3) is 0 Å². The van der Waals surface area contributed by atoms with Gasteiger partial charge >= 0.3 is 0 Å². The number of hydrogen-bond donors (Lipinski definition) is 1. The fourth-order valence-corrected chi connectivity index (χ4v) is 0.559. The van der Waals surface area contributed by atoms with E-state index in [1.54, 1.807) is 0 Å². The number of rotatable bonds is 0. The number of nitrogens with one attached hydrogen (secondary N) is 1. The van der Waals surface area contributed by atoms with Crippen molar-refractivity contribution in [2.75, 3.05) is 6.54 Å². The van der Waals surface area contributed by atoms with Crippen molar-refractivity contribution in [3.63, 3.8) is 0 Å². The minimum atomic E-state index is 0.988. The van der Waals surface area contributed by atoms with Gasteiger partial charge in [-0.3, -0.25) is 0 Å². The van der Waals surface area contributed by atoms with Gasteiger partial charge in [0.1, 0.15) is 0 Å². The summed E-state index contributed by atoms with van der Waals surface area (Å²) in [5.41, 5.74) is 1.25. The van der Waals surface area contributed by atoms with E-state index in [1.165, 1.54) is 5.70 Å². The zero-order valence-corrected chi connectivity index (χ0v) is 8.44. The van der Waals surface area contributed by atoms with Crippen molar-refractivity contribution in [1.29, 1.82) is 0 Å². The van der Waals surface area contributed by atoms with Crippen LogP contribution in [0.2, 0.25) is 0 Å². The van der Waals surface area contributed by atoms with E-state index < -0.39 is 0 Å². The highest BCUT2D eigenvalue weighted by Gasteiger charge is 1.85. The Morgan fingerprint density at radius 2 is 1.73 bits per heavy atom. The molecule has 0 amide bonds. The smallest absolute Gasteiger partial charge is 0.0330 e. The summed E-state index contributed by atoms with van der Waals surface area (Å²) in [4.78, 5) is 0. The van der Waals surface area contributed by atoms with Gasteiger partial charge in [-0.1, -0.05) is 39.8 Å². The van der Waals surface area contributed by atoms with Gasteiger partial charge in [0.2, 0.25) is 0 Å². The minimum Gasteiger partial charge on any atom is -0.385 e. The monoisotopic (exact) mass is 155 g/mol. The van der Waals surface area contributed by atoms with Crippen LogP contribution in [0.1, 0.15) is 34.6 Å². The van der Waals surface area contributed by atoms with E-state index in [0.29, 0.717) is 0 Å². The highest BCUT2D eigenvalue weighted by Crippen LogP contribution is 1.91. The highest BCUT2D eigenvalue weighted by molar-refractivity contribution is 5.14. The molecule has 1 heteroatoms. The van der Waals surface area contributed by atoms with Crippen LogP contribution in [0.3, 0.4) is 0 Å². The van der Waals surface area contributed by atoms with Gasteiger partial charge in [0, 0.05) is 12.2 Å². The van der Waals surface area contributed by atoms with Crippen LogP contribution in [-0.2, 0) is 0 Å². The van der Waals surface area contributed by atoms with Crippen LogP contribution in [0.25, 0.3) is 0 Å². The average molecular weight is 155 g/mol. The van der Waals surface area contributed by atoms with Crippen molar-refractivity contribution in [3.05, 3.63) is 23.9 Å². The molecule has 0 saturated carbocycles. The molecule has 0 radical (unpaired) electrons. The van der Waals surface area contributed by atoms with Crippen LogP contribution in [0, 0.1) is 0 Å². The van der Waals surface area contributed by atoms with Crippen molar-refractivity contribution in [2.24, 2.45) is 0 Å². The fourth-order valence-electron chi connectivity index (χ4n) is 0.559. The molecule has 0 fully saturated rings. The van der Waals surface area contributed by atoms with Crippen LogP contribution in [0.5, 0.6) is 0 Å². The molecule has 1 heterocycles. The Morgan fingerprint density at radius 1 is 1.18 bits per heavy atom. The van der Waals surface area contributed by atoms with Crippen molar-refractivity contribution in [2.45, 2.75) is 34.6 Å². The molecule has 66 valence electrons. The first-order chi connectivity index (χ1) is 5.39. The van der Waals surface area contributed by atoms with Crippen LogP contribution in [-0.4, -0.2) is 6.54 Å². The van der Waals surface area contributed by atoms with Crippen molar-refractivity contribution >= 4 is 0 Å². The van der Waals surface area contributed by atoms with Gasteiger partial charge in [-0.05, 0) is 13.0 Å². The molecule has 0 aromatic carbocycles. The molecular formula is C10H21N. The first-order valence-corrected chi connectivity index (χ1v) is 4.47. The van der Waals surface area contributed by atoms with E-state index in [1.807, 2.05) is 27.7 Å². The summed E-state index contributed by atoms with van der Waals surface area (Å²) in [6.45, 7) is 11.0. The van der Waals surface area contributed by atoms with Crippen molar-refractivity contribution in [3.8, 4) is 0 Å². The van der Waals surface area contributed by atoms with Gasteiger partial charge in [0.05, 0.1) is 0 Å². The quantitative estimate of drug-likeness (QED) is 0.567. The van der Waals surface area contributed by atoms with Gasteiger partial charge < -0.3 is 5.32 Å². The lowest BCUT2D eigenvalue weighted by Gasteiger charge is -2.04. The summed E-state index contributed by atoms with van der Waals surface area (Å²) in [7, 11) is 0. The first kappa shape index (κ1) is 12.9. The molecule has 1 aliphatic rings. The average Bonchev–Trinajstić information content (AvgIpc) is 2.13. The molecular weight excluding hydrogens is 134 g/mol. The summed E-state index contributed by atoms with van der Waals surface area (Å²) in [6, 6.07) is 0. The lowest BCUT2D eigenvalue weighted by atomic mass is 10.3. The Hall–Kier alpha value is -0.720. The maximum atomic E-state index is 3.16. The van der Waals surface area contributed by atoms with E-state index in [0.717, 1.165) is 6.54 Å². The molecule has 0 aromatic rings. The topological polar surface area (TPSA) is 12.0 Å². The van der Waals surface area contributed by atoms with Crippen LogP contribution < -0.4 is 5.32 Å². The predicted octanol–water partition coefficient (Wildman–Crippen LogP) is 3.10. The van der Waals surface area contributed by atoms with E-state index in [4.69, 9.17) is 0 Å². The molecule has 0 unspecified atom stereocenters. The molecule has 0 bridgehead atoms. The van der Waals surface area contributed by atoms with E-state index in [2.05, 4.69) is 30.5 Å². The number of dihydropyridines is 1. The molecule has 1 nitrogen and oxygen atoms in total. The lowest BCUT2D eigenvalue weighted by Crippen LogP contribution is -2.12. The highest BCUT2D eigenvalue weighted by atomic mass is 14.9. The molecule has 11 heavy (non-hydrogen) atoms. The summed E-state index contributed by atoms with van der Waals surface area (Å²) >= 11 is 0. The summed E-state index contributed by atoms with van der Waals surface area (Å²) in [5, 5.41) is 3.16. The Bertz CT molecular complexity index is 112. The SMILES string of the molecule is CC.CC.CC1=CC=CCN1.